The minimum absolute atomic E-state index is 0.0324. The maximum Gasteiger partial charge on any atom is 0.319 e. The SMILES string of the molecule is CNS(=O)(=O)c1cc(NC(=O)NCCCC(=O)O)ccc1C. The van der Waals surface area contributed by atoms with Gasteiger partial charge in [0.05, 0.1) is 4.90 Å². The Morgan fingerprint density at radius 2 is 1.95 bits per heavy atom. The molecule has 0 aromatic heterocycles. The fourth-order valence-corrected chi connectivity index (χ4v) is 2.69. The number of nitrogens with one attached hydrogen (secondary N) is 3. The highest BCUT2D eigenvalue weighted by molar-refractivity contribution is 7.89. The van der Waals surface area contributed by atoms with E-state index in [1.165, 1.54) is 13.1 Å². The Kier molecular flexibility index (Phi) is 6.32. The minimum Gasteiger partial charge on any atom is -0.481 e. The summed E-state index contributed by atoms with van der Waals surface area (Å²) in [6.45, 7) is 1.87. The summed E-state index contributed by atoms with van der Waals surface area (Å²) in [4.78, 5) is 22.1. The Hall–Kier alpha value is -2.13. The molecule has 1 aromatic rings. The van der Waals surface area contributed by atoms with E-state index in [1.54, 1.807) is 19.1 Å². The average Bonchev–Trinajstić information content (AvgIpc) is 2.45. The molecule has 0 radical (unpaired) electrons. The number of amides is 2. The van der Waals surface area contributed by atoms with Gasteiger partial charge in [0, 0.05) is 18.7 Å². The first-order valence-corrected chi connectivity index (χ1v) is 8.05. The molecule has 4 N–H and O–H groups in total. The van der Waals surface area contributed by atoms with Crippen molar-refractivity contribution in [3.63, 3.8) is 0 Å². The van der Waals surface area contributed by atoms with Gasteiger partial charge in [0.2, 0.25) is 10.0 Å². The summed E-state index contributed by atoms with van der Waals surface area (Å²) in [6.07, 6.45) is 0.283. The smallest absolute Gasteiger partial charge is 0.319 e. The van der Waals surface area contributed by atoms with Crippen LogP contribution in [0.15, 0.2) is 23.1 Å². The van der Waals surface area contributed by atoms with Gasteiger partial charge in [0.25, 0.3) is 0 Å². The van der Waals surface area contributed by atoms with Crippen molar-refractivity contribution in [1.82, 2.24) is 10.0 Å². The summed E-state index contributed by atoms with van der Waals surface area (Å²) in [5.74, 6) is -0.928. The number of rotatable bonds is 7. The third kappa shape index (κ3) is 5.34. The summed E-state index contributed by atoms with van der Waals surface area (Å²) in [6, 6.07) is 4.00. The van der Waals surface area contributed by atoms with Crippen LogP contribution in [0.5, 0.6) is 0 Å². The second-order valence-corrected chi connectivity index (χ2v) is 6.42. The molecule has 0 aliphatic carbocycles. The first kappa shape index (κ1) is 17.9. The van der Waals surface area contributed by atoms with Gasteiger partial charge in [0.15, 0.2) is 0 Å². The number of anilines is 1. The zero-order chi connectivity index (χ0) is 16.8. The van der Waals surface area contributed by atoms with Crippen molar-refractivity contribution in [3.8, 4) is 0 Å². The maximum absolute atomic E-state index is 11.8. The highest BCUT2D eigenvalue weighted by Crippen LogP contribution is 2.19. The van der Waals surface area contributed by atoms with E-state index < -0.39 is 22.0 Å². The van der Waals surface area contributed by atoms with Crippen molar-refractivity contribution < 1.29 is 23.1 Å². The van der Waals surface area contributed by atoms with Crippen molar-refractivity contribution in [1.29, 1.82) is 0 Å². The van der Waals surface area contributed by atoms with E-state index in [0.717, 1.165) is 0 Å². The maximum atomic E-state index is 11.8. The number of aryl methyl sites for hydroxylation is 1. The van der Waals surface area contributed by atoms with Crippen LogP contribution in [0.1, 0.15) is 18.4 Å². The molecule has 0 heterocycles. The van der Waals surface area contributed by atoms with Gasteiger partial charge in [-0.2, -0.15) is 0 Å². The van der Waals surface area contributed by atoms with Crippen molar-refractivity contribution in [2.45, 2.75) is 24.7 Å². The number of urea groups is 1. The lowest BCUT2D eigenvalue weighted by Crippen LogP contribution is -2.30. The van der Waals surface area contributed by atoms with E-state index in [-0.39, 0.29) is 17.9 Å². The van der Waals surface area contributed by atoms with Crippen molar-refractivity contribution >= 4 is 27.7 Å². The van der Waals surface area contributed by atoms with Crippen LogP contribution in [0.25, 0.3) is 0 Å². The lowest BCUT2D eigenvalue weighted by Gasteiger charge is -2.11. The molecule has 122 valence electrons. The zero-order valence-corrected chi connectivity index (χ0v) is 13.2. The molecule has 0 unspecified atom stereocenters. The summed E-state index contributed by atoms with van der Waals surface area (Å²) >= 11 is 0. The second-order valence-electron chi connectivity index (χ2n) is 4.57. The van der Waals surface area contributed by atoms with E-state index in [1.807, 2.05) is 0 Å². The highest BCUT2D eigenvalue weighted by atomic mass is 32.2. The van der Waals surface area contributed by atoms with Gasteiger partial charge in [-0.1, -0.05) is 6.07 Å². The number of aliphatic carboxylic acids is 1. The standard InChI is InChI=1S/C13H19N3O5S/c1-9-5-6-10(8-11(9)22(20,21)14-2)16-13(19)15-7-3-4-12(17)18/h5-6,8,14H,3-4,7H2,1-2H3,(H,17,18)(H2,15,16,19). The van der Waals surface area contributed by atoms with Crippen molar-refractivity contribution in [2.24, 2.45) is 0 Å². The van der Waals surface area contributed by atoms with Crippen molar-refractivity contribution in [3.05, 3.63) is 23.8 Å². The zero-order valence-electron chi connectivity index (χ0n) is 12.3. The van der Waals surface area contributed by atoms with Crippen LogP contribution in [0, 0.1) is 6.92 Å². The Bertz CT molecular complexity index is 658. The molecule has 1 rings (SSSR count). The number of hydrogen-bond donors (Lipinski definition) is 4. The Morgan fingerprint density at radius 1 is 1.27 bits per heavy atom. The molecular weight excluding hydrogens is 310 g/mol. The van der Waals surface area contributed by atoms with Crippen LogP contribution in [0.2, 0.25) is 0 Å². The summed E-state index contributed by atoms with van der Waals surface area (Å²) in [7, 11) is -2.29. The second kappa shape index (κ2) is 7.76. The van der Waals surface area contributed by atoms with Crippen LogP contribution in [-0.2, 0) is 14.8 Å². The number of carboxylic acid groups (broad SMARTS) is 1. The summed E-state index contributed by atoms with van der Waals surface area (Å²) < 4.78 is 25.9. The van der Waals surface area contributed by atoms with Gasteiger partial charge in [-0.15, -0.1) is 0 Å². The van der Waals surface area contributed by atoms with Gasteiger partial charge in [-0.05, 0) is 38.1 Å². The Morgan fingerprint density at radius 3 is 2.55 bits per heavy atom. The lowest BCUT2D eigenvalue weighted by molar-refractivity contribution is -0.137. The first-order valence-electron chi connectivity index (χ1n) is 6.57. The van der Waals surface area contributed by atoms with Crippen LogP contribution in [-0.4, -0.2) is 39.1 Å². The molecule has 8 nitrogen and oxygen atoms in total. The van der Waals surface area contributed by atoms with Crippen LogP contribution in [0.3, 0.4) is 0 Å². The summed E-state index contributed by atoms with van der Waals surface area (Å²) in [5.41, 5.74) is 0.886. The van der Waals surface area contributed by atoms with Gasteiger partial charge >= 0.3 is 12.0 Å². The molecule has 0 aliphatic heterocycles. The van der Waals surface area contributed by atoms with E-state index >= 15 is 0 Å². The van der Waals surface area contributed by atoms with Crippen LogP contribution in [0.4, 0.5) is 10.5 Å². The largest absolute Gasteiger partial charge is 0.481 e. The summed E-state index contributed by atoms with van der Waals surface area (Å²) in [5, 5.41) is 13.5. The minimum atomic E-state index is -3.60. The number of carboxylic acids is 1. The van der Waals surface area contributed by atoms with E-state index in [9.17, 15) is 18.0 Å². The quantitative estimate of drug-likeness (QED) is 0.553. The molecule has 9 heteroatoms. The fraction of sp³-hybridized carbons (Fsp3) is 0.385. The van der Waals surface area contributed by atoms with E-state index in [0.29, 0.717) is 17.7 Å². The molecule has 1 aromatic carbocycles. The number of sulfonamides is 1. The molecule has 0 saturated heterocycles. The van der Waals surface area contributed by atoms with Crippen LogP contribution >= 0.6 is 0 Å². The molecule has 22 heavy (non-hydrogen) atoms. The monoisotopic (exact) mass is 329 g/mol. The molecular formula is C13H19N3O5S. The predicted molar refractivity (Wildman–Crippen MR) is 81.3 cm³/mol. The first-order chi connectivity index (χ1) is 10.3. The van der Waals surface area contributed by atoms with Crippen LogP contribution < -0.4 is 15.4 Å². The topological polar surface area (TPSA) is 125 Å². The van der Waals surface area contributed by atoms with Gasteiger partial charge in [0.1, 0.15) is 0 Å². The normalized spacial score (nSPS) is 11.0. The number of benzene rings is 1. The average molecular weight is 329 g/mol. The molecule has 0 bridgehead atoms. The predicted octanol–water partition coefficient (Wildman–Crippen LogP) is 0.889. The Labute approximate surface area is 129 Å². The van der Waals surface area contributed by atoms with E-state index in [2.05, 4.69) is 15.4 Å². The molecule has 0 spiro atoms. The number of carbonyl (C=O) groups is 2. The number of carbonyl (C=O) groups excluding carboxylic acids is 1. The van der Waals surface area contributed by atoms with Gasteiger partial charge in [-0.3, -0.25) is 4.79 Å². The van der Waals surface area contributed by atoms with Gasteiger partial charge < -0.3 is 15.7 Å². The third-order valence-corrected chi connectivity index (χ3v) is 4.41. The van der Waals surface area contributed by atoms with Gasteiger partial charge in [-0.25, -0.2) is 17.9 Å². The number of hydrogen-bond acceptors (Lipinski definition) is 4. The van der Waals surface area contributed by atoms with E-state index in [4.69, 9.17) is 5.11 Å². The third-order valence-electron chi connectivity index (χ3n) is 2.86. The lowest BCUT2D eigenvalue weighted by atomic mass is 10.2. The van der Waals surface area contributed by atoms with Crippen molar-refractivity contribution in [2.75, 3.05) is 18.9 Å². The molecule has 0 aliphatic rings. The molecule has 0 fully saturated rings. The highest BCUT2D eigenvalue weighted by Gasteiger charge is 2.15. The molecule has 0 atom stereocenters. The fourth-order valence-electron chi connectivity index (χ4n) is 1.69. The Balaban J connectivity index is 2.69. The molecule has 0 saturated carbocycles. The molecule has 2 amide bonds.